The Labute approximate surface area is 103 Å². The van der Waals surface area contributed by atoms with E-state index in [1.165, 1.54) is 0 Å². The molecule has 1 aromatic rings. The zero-order valence-corrected chi connectivity index (χ0v) is 11.0. The summed E-state index contributed by atoms with van der Waals surface area (Å²) in [5.41, 5.74) is 6.60. The minimum atomic E-state index is -0.419. The van der Waals surface area contributed by atoms with Crippen LogP contribution in [-0.4, -0.2) is 17.4 Å². The second-order valence-electron chi connectivity index (χ2n) is 5.17. The van der Waals surface area contributed by atoms with Crippen molar-refractivity contribution >= 4 is 11.7 Å². The van der Waals surface area contributed by atoms with E-state index in [1.54, 1.807) is 12.1 Å². The van der Waals surface area contributed by atoms with Crippen LogP contribution in [0.15, 0.2) is 12.1 Å². The highest BCUT2D eigenvalue weighted by Gasteiger charge is 2.18. The summed E-state index contributed by atoms with van der Waals surface area (Å²) < 4.78 is 0. The molecule has 0 saturated carbocycles. The summed E-state index contributed by atoms with van der Waals surface area (Å²) in [6.07, 6.45) is 1.01. The molecule has 1 heterocycles. The van der Waals surface area contributed by atoms with Crippen molar-refractivity contribution < 1.29 is 4.79 Å². The molecule has 0 saturated heterocycles. The Morgan fingerprint density at radius 1 is 1.41 bits per heavy atom. The van der Waals surface area contributed by atoms with Crippen LogP contribution in [0.25, 0.3) is 0 Å². The first kappa shape index (κ1) is 13.5. The number of aromatic nitrogens is 1. The van der Waals surface area contributed by atoms with Crippen LogP contribution in [0.2, 0.25) is 0 Å². The summed E-state index contributed by atoms with van der Waals surface area (Å²) in [7, 11) is 0. The van der Waals surface area contributed by atoms with E-state index in [0.717, 1.165) is 18.7 Å². The summed E-state index contributed by atoms with van der Waals surface area (Å²) in [5, 5.41) is 3.18. The third kappa shape index (κ3) is 3.73. The molecule has 1 aromatic heterocycles. The number of rotatable bonds is 4. The Bertz CT molecular complexity index is 408. The number of hydrogen-bond acceptors (Lipinski definition) is 3. The SMILES string of the molecule is CCCNc1cc(C(N)=O)cc(C(C)(C)C)n1. The van der Waals surface area contributed by atoms with Gasteiger partial charge in [0.1, 0.15) is 5.82 Å². The van der Waals surface area contributed by atoms with E-state index < -0.39 is 5.91 Å². The zero-order chi connectivity index (χ0) is 13.1. The van der Waals surface area contributed by atoms with Gasteiger partial charge in [-0.3, -0.25) is 4.79 Å². The second-order valence-corrected chi connectivity index (χ2v) is 5.17. The molecule has 0 spiro atoms. The first-order valence-electron chi connectivity index (χ1n) is 5.91. The molecule has 0 bridgehead atoms. The summed E-state index contributed by atoms with van der Waals surface area (Å²) in [6, 6.07) is 3.46. The van der Waals surface area contributed by atoms with Gasteiger partial charge < -0.3 is 11.1 Å². The number of primary amides is 1. The van der Waals surface area contributed by atoms with Crippen LogP contribution in [0, 0.1) is 0 Å². The Kier molecular flexibility index (Phi) is 4.10. The number of amides is 1. The standard InChI is InChI=1S/C13H21N3O/c1-5-6-15-11-8-9(12(14)17)7-10(16-11)13(2,3)4/h7-8H,5-6H2,1-4H3,(H2,14,17)(H,15,16). The Hall–Kier alpha value is -1.58. The van der Waals surface area contributed by atoms with Crippen molar-refractivity contribution in [3.8, 4) is 0 Å². The minimum Gasteiger partial charge on any atom is -0.370 e. The molecule has 4 nitrogen and oxygen atoms in total. The Morgan fingerprint density at radius 3 is 2.53 bits per heavy atom. The number of anilines is 1. The molecule has 0 fully saturated rings. The van der Waals surface area contributed by atoms with Crippen molar-refractivity contribution in [2.45, 2.75) is 39.5 Å². The third-order valence-corrected chi connectivity index (χ3v) is 2.43. The molecular formula is C13H21N3O. The summed E-state index contributed by atoms with van der Waals surface area (Å²) in [4.78, 5) is 15.8. The number of hydrogen-bond donors (Lipinski definition) is 2. The van der Waals surface area contributed by atoms with E-state index in [0.29, 0.717) is 11.4 Å². The van der Waals surface area contributed by atoms with Crippen LogP contribution in [-0.2, 0) is 5.41 Å². The molecule has 0 aliphatic rings. The molecule has 94 valence electrons. The predicted octanol–water partition coefficient (Wildman–Crippen LogP) is 2.30. The molecule has 3 N–H and O–H groups in total. The van der Waals surface area contributed by atoms with Gasteiger partial charge in [-0.2, -0.15) is 0 Å². The van der Waals surface area contributed by atoms with Crippen molar-refractivity contribution in [3.63, 3.8) is 0 Å². The lowest BCUT2D eigenvalue weighted by Gasteiger charge is -2.19. The molecule has 0 unspecified atom stereocenters. The van der Waals surface area contributed by atoms with E-state index in [-0.39, 0.29) is 5.41 Å². The number of nitrogens with zero attached hydrogens (tertiary/aromatic N) is 1. The second kappa shape index (κ2) is 5.17. The Balaban J connectivity index is 3.14. The van der Waals surface area contributed by atoms with E-state index in [2.05, 4.69) is 38.0 Å². The lowest BCUT2D eigenvalue weighted by atomic mass is 9.90. The Morgan fingerprint density at radius 2 is 2.06 bits per heavy atom. The molecule has 1 amide bonds. The zero-order valence-electron chi connectivity index (χ0n) is 11.0. The number of carbonyl (C=O) groups is 1. The maximum atomic E-state index is 11.3. The third-order valence-electron chi connectivity index (χ3n) is 2.43. The van der Waals surface area contributed by atoms with Crippen LogP contribution in [0.1, 0.15) is 50.2 Å². The topological polar surface area (TPSA) is 68.0 Å². The number of pyridine rings is 1. The van der Waals surface area contributed by atoms with Gasteiger partial charge in [0.15, 0.2) is 0 Å². The lowest BCUT2D eigenvalue weighted by molar-refractivity contribution is 0.1000. The first-order valence-corrected chi connectivity index (χ1v) is 5.91. The average Bonchev–Trinajstić information content (AvgIpc) is 2.24. The number of carbonyl (C=O) groups excluding carboxylic acids is 1. The molecule has 17 heavy (non-hydrogen) atoms. The fourth-order valence-electron chi connectivity index (χ4n) is 1.40. The van der Waals surface area contributed by atoms with Crippen molar-refractivity contribution in [2.75, 3.05) is 11.9 Å². The fourth-order valence-corrected chi connectivity index (χ4v) is 1.40. The van der Waals surface area contributed by atoms with Crippen LogP contribution in [0.3, 0.4) is 0 Å². The van der Waals surface area contributed by atoms with Crippen molar-refractivity contribution in [1.82, 2.24) is 4.98 Å². The molecule has 1 rings (SSSR count). The maximum Gasteiger partial charge on any atom is 0.248 e. The van der Waals surface area contributed by atoms with Crippen molar-refractivity contribution in [2.24, 2.45) is 5.73 Å². The number of nitrogens with one attached hydrogen (secondary N) is 1. The molecular weight excluding hydrogens is 214 g/mol. The fraction of sp³-hybridized carbons (Fsp3) is 0.538. The van der Waals surface area contributed by atoms with Gasteiger partial charge in [-0.15, -0.1) is 0 Å². The van der Waals surface area contributed by atoms with Gasteiger partial charge >= 0.3 is 0 Å². The summed E-state index contributed by atoms with van der Waals surface area (Å²) in [5.74, 6) is 0.297. The minimum absolute atomic E-state index is 0.103. The van der Waals surface area contributed by atoms with Crippen LogP contribution >= 0.6 is 0 Å². The smallest absolute Gasteiger partial charge is 0.248 e. The maximum absolute atomic E-state index is 11.3. The highest BCUT2D eigenvalue weighted by molar-refractivity contribution is 5.93. The average molecular weight is 235 g/mol. The molecule has 0 aliphatic carbocycles. The highest BCUT2D eigenvalue weighted by atomic mass is 16.1. The van der Waals surface area contributed by atoms with Gasteiger partial charge in [0, 0.05) is 23.2 Å². The van der Waals surface area contributed by atoms with Gasteiger partial charge in [0.05, 0.1) is 0 Å². The van der Waals surface area contributed by atoms with Crippen molar-refractivity contribution in [3.05, 3.63) is 23.4 Å². The monoisotopic (exact) mass is 235 g/mol. The van der Waals surface area contributed by atoms with Crippen LogP contribution in [0.4, 0.5) is 5.82 Å². The van der Waals surface area contributed by atoms with Gasteiger partial charge in [-0.25, -0.2) is 4.98 Å². The van der Waals surface area contributed by atoms with Crippen molar-refractivity contribution in [1.29, 1.82) is 0 Å². The largest absolute Gasteiger partial charge is 0.370 e. The van der Waals surface area contributed by atoms with Gasteiger partial charge in [0.25, 0.3) is 0 Å². The first-order chi connectivity index (χ1) is 7.84. The molecule has 0 aliphatic heterocycles. The van der Waals surface area contributed by atoms with Gasteiger partial charge in [-0.05, 0) is 18.6 Å². The summed E-state index contributed by atoms with van der Waals surface area (Å²) >= 11 is 0. The number of nitrogens with two attached hydrogens (primary N) is 1. The van der Waals surface area contributed by atoms with E-state index >= 15 is 0 Å². The normalized spacial score (nSPS) is 11.3. The van der Waals surface area contributed by atoms with Gasteiger partial charge in [0.2, 0.25) is 5.91 Å². The van der Waals surface area contributed by atoms with E-state index in [4.69, 9.17) is 5.73 Å². The van der Waals surface area contributed by atoms with E-state index in [1.807, 2.05) is 0 Å². The molecule has 0 atom stereocenters. The van der Waals surface area contributed by atoms with Gasteiger partial charge in [-0.1, -0.05) is 27.7 Å². The van der Waals surface area contributed by atoms with E-state index in [9.17, 15) is 4.79 Å². The molecule has 0 radical (unpaired) electrons. The molecule has 4 heteroatoms. The quantitative estimate of drug-likeness (QED) is 0.841. The lowest BCUT2D eigenvalue weighted by Crippen LogP contribution is -2.19. The predicted molar refractivity (Wildman–Crippen MR) is 70.2 cm³/mol. The van der Waals surface area contributed by atoms with Crippen LogP contribution < -0.4 is 11.1 Å². The van der Waals surface area contributed by atoms with Crippen LogP contribution in [0.5, 0.6) is 0 Å². The summed E-state index contributed by atoms with van der Waals surface area (Å²) in [6.45, 7) is 9.09. The molecule has 0 aromatic carbocycles. The highest BCUT2D eigenvalue weighted by Crippen LogP contribution is 2.23.